The summed E-state index contributed by atoms with van der Waals surface area (Å²) in [4.78, 5) is 26.6. The van der Waals surface area contributed by atoms with Crippen LogP contribution in [0, 0.1) is 5.92 Å². The van der Waals surface area contributed by atoms with Gasteiger partial charge in [0.15, 0.2) is 0 Å². The molecule has 2 heterocycles. The van der Waals surface area contributed by atoms with E-state index in [2.05, 4.69) is 10.4 Å². The third kappa shape index (κ3) is 2.80. The lowest BCUT2D eigenvalue weighted by Crippen LogP contribution is -2.64. The summed E-state index contributed by atoms with van der Waals surface area (Å²) in [7, 11) is 1.88. The van der Waals surface area contributed by atoms with Crippen LogP contribution in [0.5, 0.6) is 0 Å². The van der Waals surface area contributed by atoms with Gasteiger partial charge >= 0.3 is 0 Å². The van der Waals surface area contributed by atoms with Gasteiger partial charge in [0.25, 0.3) is 0 Å². The fourth-order valence-corrected chi connectivity index (χ4v) is 3.06. The van der Waals surface area contributed by atoms with Crippen LogP contribution in [-0.4, -0.2) is 45.1 Å². The molecule has 1 saturated heterocycles. The number of aromatic nitrogens is 2. The number of piperazine rings is 1. The van der Waals surface area contributed by atoms with Crippen molar-refractivity contribution in [1.82, 2.24) is 20.0 Å². The van der Waals surface area contributed by atoms with Crippen molar-refractivity contribution in [2.45, 2.75) is 44.7 Å². The zero-order valence-electron chi connectivity index (χ0n) is 12.6. The zero-order valence-corrected chi connectivity index (χ0v) is 12.6. The molecule has 2 unspecified atom stereocenters. The molecule has 1 saturated carbocycles. The summed E-state index contributed by atoms with van der Waals surface area (Å²) in [5.74, 6) is 0.438. The maximum atomic E-state index is 12.6. The minimum Gasteiger partial charge on any atom is -0.342 e. The SMILES string of the molecule is CCC1C(=O)NC(C2CC2)C(=O)N1CCc1cnn(C)c1. The van der Waals surface area contributed by atoms with Gasteiger partial charge in [0, 0.05) is 19.8 Å². The van der Waals surface area contributed by atoms with Crippen molar-refractivity contribution in [3.8, 4) is 0 Å². The molecule has 1 aromatic heterocycles. The van der Waals surface area contributed by atoms with Crippen molar-refractivity contribution >= 4 is 11.8 Å². The molecule has 21 heavy (non-hydrogen) atoms. The summed E-state index contributed by atoms with van der Waals surface area (Å²) in [5, 5.41) is 7.06. The van der Waals surface area contributed by atoms with E-state index in [4.69, 9.17) is 0 Å². The zero-order chi connectivity index (χ0) is 15.0. The largest absolute Gasteiger partial charge is 0.342 e. The predicted octanol–water partition coefficient (Wildman–Crippen LogP) is 0.478. The van der Waals surface area contributed by atoms with Crippen LogP contribution in [-0.2, 0) is 23.1 Å². The minimum absolute atomic E-state index is 0.000173. The molecule has 2 aliphatic rings. The lowest BCUT2D eigenvalue weighted by atomic mass is 10.0. The Bertz CT molecular complexity index is 550. The molecule has 2 fully saturated rings. The third-order valence-corrected chi connectivity index (χ3v) is 4.41. The van der Waals surface area contributed by atoms with Gasteiger partial charge in [-0.25, -0.2) is 0 Å². The van der Waals surface area contributed by atoms with Gasteiger partial charge in [0.05, 0.1) is 6.20 Å². The van der Waals surface area contributed by atoms with Crippen molar-refractivity contribution in [1.29, 1.82) is 0 Å². The number of amides is 2. The maximum absolute atomic E-state index is 12.6. The Balaban J connectivity index is 1.71. The Morgan fingerprint density at radius 2 is 2.14 bits per heavy atom. The highest BCUT2D eigenvalue weighted by atomic mass is 16.2. The van der Waals surface area contributed by atoms with E-state index in [1.807, 2.05) is 26.4 Å². The number of rotatable bonds is 5. The van der Waals surface area contributed by atoms with Crippen LogP contribution >= 0.6 is 0 Å². The van der Waals surface area contributed by atoms with E-state index < -0.39 is 0 Å². The summed E-state index contributed by atoms with van der Waals surface area (Å²) in [5.41, 5.74) is 1.09. The second kappa shape index (κ2) is 5.50. The standard InChI is InChI=1S/C15H22N4O2/c1-3-12-14(20)17-13(11-4-5-11)15(21)19(12)7-6-10-8-16-18(2)9-10/h8-9,11-13H,3-7H2,1-2H3,(H,17,20). The fourth-order valence-electron chi connectivity index (χ4n) is 3.06. The molecule has 0 radical (unpaired) electrons. The molecule has 1 aliphatic heterocycles. The smallest absolute Gasteiger partial charge is 0.246 e. The average Bonchev–Trinajstić information content (AvgIpc) is 3.22. The molecule has 6 nitrogen and oxygen atoms in total. The Labute approximate surface area is 124 Å². The number of carbonyl (C=O) groups is 2. The molecule has 6 heteroatoms. The van der Waals surface area contributed by atoms with Gasteiger partial charge in [0.1, 0.15) is 12.1 Å². The summed E-state index contributed by atoms with van der Waals surface area (Å²) in [6.07, 6.45) is 7.25. The van der Waals surface area contributed by atoms with Gasteiger partial charge in [-0.3, -0.25) is 14.3 Å². The number of hydrogen-bond acceptors (Lipinski definition) is 3. The van der Waals surface area contributed by atoms with Gasteiger partial charge in [-0.2, -0.15) is 5.10 Å². The topological polar surface area (TPSA) is 67.2 Å². The van der Waals surface area contributed by atoms with E-state index in [0.717, 1.165) is 24.8 Å². The van der Waals surface area contributed by atoms with Gasteiger partial charge < -0.3 is 10.2 Å². The number of nitrogens with zero attached hydrogens (tertiary/aromatic N) is 3. The van der Waals surface area contributed by atoms with Crippen molar-refractivity contribution in [2.75, 3.05) is 6.54 Å². The molecule has 114 valence electrons. The first-order valence-corrected chi connectivity index (χ1v) is 7.68. The summed E-state index contributed by atoms with van der Waals surface area (Å²) in [6.45, 7) is 2.53. The maximum Gasteiger partial charge on any atom is 0.246 e. The van der Waals surface area contributed by atoms with Crippen molar-refractivity contribution in [3.05, 3.63) is 18.0 Å². The first-order valence-electron chi connectivity index (χ1n) is 7.68. The van der Waals surface area contributed by atoms with Gasteiger partial charge in [-0.15, -0.1) is 0 Å². The Morgan fingerprint density at radius 3 is 2.71 bits per heavy atom. The van der Waals surface area contributed by atoms with E-state index in [1.54, 1.807) is 9.58 Å². The van der Waals surface area contributed by atoms with E-state index in [9.17, 15) is 9.59 Å². The van der Waals surface area contributed by atoms with Crippen LogP contribution in [0.3, 0.4) is 0 Å². The normalized spacial score (nSPS) is 26.1. The second-order valence-corrected chi connectivity index (χ2v) is 6.05. The predicted molar refractivity (Wildman–Crippen MR) is 77.4 cm³/mol. The molecular weight excluding hydrogens is 268 g/mol. The fraction of sp³-hybridized carbons (Fsp3) is 0.667. The number of aryl methyl sites for hydroxylation is 1. The molecule has 2 amide bonds. The molecule has 2 atom stereocenters. The third-order valence-electron chi connectivity index (χ3n) is 4.41. The minimum atomic E-state index is -0.329. The second-order valence-electron chi connectivity index (χ2n) is 6.05. The van der Waals surface area contributed by atoms with E-state index >= 15 is 0 Å². The summed E-state index contributed by atoms with van der Waals surface area (Å²) >= 11 is 0. The quantitative estimate of drug-likeness (QED) is 0.857. The number of nitrogens with one attached hydrogen (secondary N) is 1. The molecule has 1 N–H and O–H groups in total. The van der Waals surface area contributed by atoms with Crippen LogP contribution < -0.4 is 5.32 Å². The highest BCUT2D eigenvalue weighted by Gasteiger charge is 2.46. The van der Waals surface area contributed by atoms with Crippen LogP contribution in [0.2, 0.25) is 0 Å². The van der Waals surface area contributed by atoms with Crippen LogP contribution in [0.1, 0.15) is 31.7 Å². The van der Waals surface area contributed by atoms with E-state index in [1.165, 1.54) is 0 Å². The van der Waals surface area contributed by atoms with Crippen molar-refractivity contribution in [2.24, 2.45) is 13.0 Å². The highest BCUT2D eigenvalue weighted by Crippen LogP contribution is 2.35. The molecule has 0 bridgehead atoms. The lowest BCUT2D eigenvalue weighted by molar-refractivity contribution is -0.150. The Morgan fingerprint density at radius 1 is 1.38 bits per heavy atom. The van der Waals surface area contributed by atoms with E-state index in [0.29, 0.717) is 18.9 Å². The summed E-state index contributed by atoms with van der Waals surface area (Å²) in [6, 6.07) is -0.627. The Hall–Kier alpha value is -1.85. The van der Waals surface area contributed by atoms with Crippen LogP contribution in [0.15, 0.2) is 12.4 Å². The molecule has 1 aliphatic carbocycles. The van der Waals surface area contributed by atoms with Crippen LogP contribution in [0.25, 0.3) is 0 Å². The monoisotopic (exact) mass is 290 g/mol. The molecule has 0 aromatic carbocycles. The van der Waals surface area contributed by atoms with Crippen LogP contribution in [0.4, 0.5) is 0 Å². The average molecular weight is 290 g/mol. The van der Waals surface area contributed by atoms with Gasteiger partial charge in [-0.05, 0) is 37.2 Å². The first-order chi connectivity index (χ1) is 10.1. The lowest BCUT2D eigenvalue weighted by Gasteiger charge is -2.38. The highest BCUT2D eigenvalue weighted by molar-refractivity contribution is 5.97. The van der Waals surface area contributed by atoms with Crippen molar-refractivity contribution < 1.29 is 9.59 Å². The number of hydrogen-bond donors (Lipinski definition) is 1. The van der Waals surface area contributed by atoms with Gasteiger partial charge in [0.2, 0.25) is 11.8 Å². The first kappa shape index (κ1) is 14.1. The molecule has 1 aromatic rings. The van der Waals surface area contributed by atoms with Gasteiger partial charge in [-0.1, -0.05) is 6.92 Å². The Kier molecular flexibility index (Phi) is 3.69. The summed E-state index contributed by atoms with van der Waals surface area (Å²) < 4.78 is 1.75. The molecule has 0 spiro atoms. The van der Waals surface area contributed by atoms with E-state index in [-0.39, 0.29) is 23.9 Å². The number of carbonyl (C=O) groups excluding carboxylic acids is 2. The molecule has 3 rings (SSSR count). The molecular formula is C15H22N4O2. The van der Waals surface area contributed by atoms with Crippen molar-refractivity contribution in [3.63, 3.8) is 0 Å².